The van der Waals surface area contributed by atoms with Gasteiger partial charge in [-0.1, -0.05) is 30.3 Å². The zero-order valence-corrected chi connectivity index (χ0v) is 20.8. The van der Waals surface area contributed by atoms with E-state index in [9.17, 15) is 15.0 Å². The number of Topliss-reactive ketones (excluding diaryl/α,β-unsaturated/α-hetero) is 1. The van der Waals surface area contributed by atoms with E-state index in [1.54, 1.807) is 6.07 Å². The van der Waals surface area contributed by atoms with Gasteiger partial charge in [0.05, 0.1) is 25.6 Å². The van der Waals surface area contributed by atoms with Crippen LogP contribution in [0.3, 0.4) is 0 Å². The summed E-state index contributed by atoms with van der Waals surface area (Å²) >= 11 is 0. The van der Waals surface area contributed by atoms with Gasteiger partial charge in [0.1, 0.15) is 17.7 Å². The fraction of sp³-hybridized carbons (Fsp3) is 0.567. The van der Waals surface area contributed by atoms with Crippen LogP contribution in [0.15, 0.2) is 36.4 Å². The van der Waals surface area contributed by atoms with Gasteiger partial charge in [-0.15, -0.1) is 0 Å². The molecule has 1 spiro atoms. The molecule has 35 heavy (non-hydrogen) atoms. The van der Waals surface area contributed by atoms with Crippen LogP contribution < -0.4 is 4.74 Å². The highest BCUT2D eigenvalue weighted by Crippen LogP contribution is 2.67. The fourth-order valence-electron chi connectivity index (χ4n) is 8.70. The zero-order valence-electron chi connectivity index (χ0n) is 20.8. The molecule has 3 aliphatic carbocycles. The van der Waals surface area contributed by atoms with Crippen molar-refractivity contribution < 1.29 is 24.2 Å². The lowest BCUT2D eigenvalue weighted by atomic mass is 9.46. The van der Waals surface area contributed by atoms with Crippen molar-refractivity contribution in [3.8, 4) is 11.5 Å². The molecular weight excluding hydrogens is 438 g/mol. The quantitative estimate of drug-likeness (QED) is 0.501. The highest BCUT2D eigenvalue weighted by molar-refractivity contribution is 5.97. The van der Waals surface area contributed by atoms with Gasteiger partial charge in [-0.25, -0.2) is 0 Å². The third-order valence-electron chi connectivity index (χ3n) is 10.5. The number of ketones is 1. The van der Waals surface area contributed by atoms with E-state index in [0.29, 0.717) is 18.6 Å². The molecule has 0 aromatic heterocycles. The first-order valence-corrected chi connectivity index (χ1v) is 13.4. The maximum absolute atomic E-state index is 13.4. The fourth-order valence-corrected chi connectivity index (χ4v) is 8.70. The number of likely N-dealkylation sites (tertiary alicyclic amines) is 1. The van der Waals surface area contributed by atoms with Crippen molar-refractivity contribution in [1.29, 1.82) is 0 Å². The van der Waals surface area contributed by atoms with Crippen molar-refractivity contribution in [3.05, 3.63) is 58.7 Å². The molecule has 0 radical (unpaired) electrons. The number of aromatic hydroxyl groups is 1. The van der Waals surface area contributed by atoms with Crippen molar-refractivity contribution in [3.63, 3.8) is 0 Å². The zero-order chi connectivity index (χ0) is 24.2. The minimum absolute atomic E-state index is 0.0149. The van der Waals surface area contributed by atoms with Crippen molar-refractivity contribution in [1.82, 2.24) is 0 Å². The van der Waals surface area contributed by atoms with Gasteiger partial charge in [0.25, 0.3) is 0 Å². The first-order valence-electron chi connectivity index (χ1n) is 13.4. The van der Waals surface area contributed by atoms with Gasteiger partial charge in [0.15, 0.2) is 17.3 Å². The van der Waals surface area contributed by atoms with E-state index in [-0.39, 0.29) is 29.6 Å². The molecule has 2 heterocycles. The molecule has 1 saturated heterocycles. The number of ether oxygens (including phenoxy) is 1. The van der Waals surface area contributed by atoms with E-state index in [2.05, 4.69) is 13.1 Å². The Bertz CT molecular complexity index is 1240. The van der Waals surface area contributed by atoms with Crippen molar-refractivity contribution in [2.24, 2.45) is 11.8 Å². The Morgan fingerprint density at radius 1 is 1.14 bits per heavy atom. The summed E-state index contributed by atoms with van der Waals surface area (Å²) in [4.78, 5) is 13.4. The lowest BCUT2D eigenvalue weighted by molar-refractivity contribution is -0.950. The smallest absolute Gasteiger partial charge is 0.165 e. The second-order valence-corrected chi connectivity index (χ2v) is 12.4. The number of piperidine rings is 1. The normalized spacial score (nSPS) is 38.5. The summed E-state index contributed by atoms with van der Waals surface area (Å²) in [5.41, 5.74) is 2.63. The number of carbonyl (C=O) groups excluding carboxylic acids is 1. The van der Waals surface area contributed by atoms with Crippen LogP contribution in [0.1, 0.15) is 65.6 Å². The predicted octanol–water partition coefficient (Wildman–Crippen LogP) is 4.30. The molecular formula is C30H36NO4+. The first-order chi connectivity index (χ1) is 16.8. The topological polar surface area (TPSA) is 66.8 Å². The Morgan fingerprint density at radius 2 is 1.94 bits per heavy atom. The molecule has 5 heteroatoms. The van der Waals surface area contributed by atoms with Crippen LogP contribution in [0.25, 0.3) is 0 Å². The number of hydrogen-bond donors (Lipinski definition) is 2. The van der Waals surface area contributed by atoms with Crippen LogP contribution in [0.4, 0.5) is 0 Å². The van der Waals surface area contributed by atoms with Crippen molar-refractivity contribution >= 4 is 5.78 Å². The molecule has 3 fully saturated rings. The number of nitrogens with zero attached hydrogens (tertiary/aromatic N) is 1. The number of quaternary nitrogens is 1. The van der Waals surface area contributed by atoms with E-state index in [1.807, 2.05) is 31.2 Å². The van der Waals surface area contributed by atoms with E-state index in [1.165, 1.54) is 18.4 Å². The summed E-state index contributed by atoms with van der Waals surface area (Å²) in [6.07, 6.45) is 5.88. The minimum Gasteiger partial charge on any atom is -0.504 e. The largest absolute Gasteiger partial charge is 0.504 e. The molecule has 0 amide bonds. The number of benzene rings is 2. The molecule has 2 aliphatic heterocycles. The summed E-state index contributed by atoms with van der Waals surface area (Å²) < 4.78 is 7.58. The molecule has 2 N–H and O–H groups in total. The molecule has 2 aromatic carbocycles. The highest BCUT2D eigenvalue weighted by atomic mass is 16.5. The Morgan fingerprint density at radius 3 is 2.71 bits per heavy atom. The second kappa shape index (κ2) is 7.10. The number of phenolic OH excluding ortho intramolecular Hbond substituents is 1. The summed E-state index contributed by atoms with van der Waals surface area (Å²) in [5.74, 6) is 1.68. The molecule has 6 atom stereocenters. The van der Waals surface area contributed by atoms with Crippen molar-refractivity contribution in [2.75, 3.05) is 20.1 Å². The van der Waals surface area contributed by atoms with Gasteiger partial charge in [0, 0.05) is 42.2 Å². The molecule has 7 rings (SSSR count). The maximum Gasteiger partial charge on any atom is 0.165 e. The SMILES string of the molecule is Cc1ccccc1C(=O)C[C@@H]1CC[C@@]2(O)[C@H]3Cc4ccc(O)c5c4[C@@]2(CC[N@@+]3(C)CC2CC2)[C@H]1O5. The Kier molecular flexibility index (Phi) is 4.44. The summed E-state index contributed by atoms with van der Waals surface area (Å²) in [6.45, 7) is 4.14. The van der Waals surface area contributed by atoms with E-state index < -0.39 is 11.0 Å². The molecule has 5 aliphatic rings. The average Bonchev–Trinajstić information content (AvgIpc) is 3.56. The van der Waals surface area contributed by atoms with Crippen LogP contribution in [-0.4, -0.2) is 58.4 Å². The number of aryl methyl sites for hydroxylation is 1. The van der Waals surface area contributed by atoms with Crippen LogP contribution in [-0.2, 0) is 11.8 Å². The van der Waals surface area contributed by atoms with E-state index >= 15 is 0 Å². The number of carbonyl (C=O) groups is 1. The lowest BCUT2D eigenvalue weighted by Crippen LogP contribution is -2.80. The van der Waals surface area contributed by atoms with Crippen LogP contribution in [0, 0.1) is 18.8 Å². The third kappa shape index (κ3) is 2.80. The van der Waals surface area contributed by atoms with Gasteiger partial charge in [0.2, 0.25) is 0 Å². The van der Waals surface area contributed by atoms with Crippen molar-refractivity contribution in [2.45, 2.75) is 75.0 Å². The summed E-state index contributed by atoms with van der Waals surface area (Å²) in [5, 5.41) is 23.5. The van der Waals surface area contributed by atoms with E-state index in [4.69, 9.17) is 4.74 Å². The first kappa shape index (κ1) is 21.9. The van der Waals surface area contributed by atoms with Gasteiger partial charge >= 0.3 is 0 Å². The van der Waals surface area contributed by atoms with Crippen LogP contribution >= 0.6 is 0 Å². The number of phenols is 1. The maximum atomic E-state index is 13.4. The van der Waals surface area contributed by atoms with Crippen LogP contribution in [0.5, 0.6) is 11.5 Å². The van der Waals surface area contributed by atoms with E-state index in [0.717, 1.165) is 59.4 Å². The third-order valence-corrected chi connectivity index (χ3v) is 10.5. The lowest BCUT2D eigenvalue weighted by Gasteiger charge is -2.65. The molecule has 0 unspecified atom stereocenters. The Labute approximate surface area is 207 Å². The Hall–Kier alpha value is -2.37. The molecule has 2 bridgehead atoms. The summed E-state index contributed by atoms with van der Waals surface area (Å²) in [7, 11) is 2.36. The number of rotatable bonds is 5. The van der Waals surface area contributed by atoms with Crippen LogP contribution in [0.2, 0.25) is 0 Å². The van der Waals surface area contributed by atoms with Gasteiger partial charge < -0.3 is 19.4 Å². The second-order valence-electron chi connectivity index (χ2n) is 12.4. The van der Waals surface area contributed by atoms with Gasteiger partial charge in [-0.3, -0.25) is 4.79 Å². The molecule has 184 valence electrons. The average molecular weight is 475 g/mol. The molecule has 5 nitrogen and oxygen atoms in total. The minimum atomic E-state index is -0.881. The standard InChI is InChI=1S/C30H35NO4/c1-18-5-3-4-6-22(18)24(33)15-21-11-12-30(34)25-16-20-9-10-23(32)27-26(20)29(30,28(21)35-27)13-14-31(25,2)17-19-7-8-19/h3-6,9-10,19,21,25,28,34H,7-8,11-17H2,1-2H3/p+1/t21-,25+,28-,29-,30+,31-/m0/s1. The van der Waals surface area contributed by atoms with Gasteiger partial charge in [-0.2, -0.15) is 0 Å². The van der Waals surface area contributed by atoms with Gasteiger partial charge in [-0.05, 0) is 49.8 Å². The Balaban J connectivity index is 1.32. The monoisotopic (exact) mass is 474 g/mol. The molecule has 2 saturated carbocycles. The molecule has 2 aromatic rings. The number of likely N-dealkylation sites (N-methyl/N-ethyl adjacent to an activating group) is 1. The number of aliphatic hydroxyl groups is 1. The number of hydrogen-bond acceptors (Lipinski definition) is 4. The summed E-state index contributed by atoms with van der Waals surface area (Å²) in [6, 6.07) is 11.7. The highest BCUT2D eigenvalue weighted by Gasteiger charge is 2.76. The predicted molar refractivity (Wildman–Crippen MR) is 133 cm³/mol.